The van der Waals surface area contributed by atoms with Gasteiger partial charge < -0.3 is 9.84 Å². The molecule has 0 amide bonds. The molecular formula is C14H18O3. The van der Waals surface area contributed by atoms with Gasteiger partial charge in [0.2, 0.25) is 0 Å². The van der Waals surface area contributed by atoms with E-state index >= 15 is 0 Å². The maximum atomic E-state index is 12.3. The summed E-state index contributed by atoms with van der Waals surface area (Å²) >= 11 is 0. The van der Waals surface area contributed by atoms with Crippen LogP contribution >= 0.6 is 0 Å². The quantitative estimate of drug-likeness (QED) is 0.817. The minimum absolute atomic E-state index is 0.0566. The Morgan fingerprint density at radius 3 is 2.65 bits per heavy atom. The predicted octanol–water partition coefficient (Wildman–Crippen LogP) is 3.16. The number of ketones is 1. The van der Waals surface area contributed by atoms with E-state index in [0.29, 0.717) is 11.3 Å². The lowest BCUT2D eigenvalue weighted by Gasteiger charge is -2.20. The van der Waals surface area contributed by atoms with Gasteiger partial charge in [-0.15, -0.1) is 0 Å². The van der Waals surface area contributed by atoms with Gasteiger partial charge >= 0.3 is 0 Å². The van der Waals surface area contributed by atoms with Crippen LogP contribution in [0.3, 0.4) is 0 Å². The molecule has 0 aliphatic heterocycles. The van der Waals surface area contributed by atoms with Crippen molar-refractivity contribution in [2.75, 3.05) is 7.11 Å². The van der Waals surface area contributed by atoms with Crippen LogP contribution in [0, 0.1) is 5.92 Å². The first-order chi connectivity index (χ1) is 8.22. The smallest absolute Gasteiger partial charge is 0.169 e. The topological polar surface area (TPSA) is 46.5 Å². The number of phenolic OH excluding ortho intramolecular Hbond substituents is 1. The summed E-state index contributed by atoms with van der Waals surface area (Å²) in [5.74, 6) is 0.797. The van der Waals surface area contributed by atoms with Crippen LogP contribution in [-0.4, -0.2) is 18.0 Å². The Morgan fingerprint density at radius 2 is 2.00 bits per heavy atom. The Bertz CT molecular complexity index is 406. The molecule has 3 nitrogen and oxygen atoms in total. The first-order valence-corrected chi connectivity index (χ1v) is 6.13. The van der Waals surface area contributed by atoms with E-state index in [-0.39, 0.29) is 17.5 Å². The number of hydrogen-bond donors (Lipinski definition) is 1. The third kappa shape index (κ3) is 2.60. The Morgan fingerprint density at radius 1 is 1.29 bits per heavy atom. The number of hydrogen-bond acceptors (Lipinski definition) is 3. The number of aromatic hydroxyl groups is 1. The maximum absolute atomic E-state index is 12.3. The van der Waals surface area contributed by atoms with Crippen LogP contribution < -0.4 is 4.74 Å². The van der Waals surface area contributed by atoms with E-state index < -0.39 is 0 Å². The average molecular weight is 234 g/mol. The van der Waals surface area contributed by atoms with Crippen LogP contribution in [-0.2, 0) is 0 Å². The zero-order chi connectivity index (χ0) is 12.3. The van der Waals surface area contributed by atoms with E-state index in [4.69, 9.17) is 4.74 Å². The first-order valence-electron chi connectivity index (χ1n) is 6.13. The minimum Gasteiger partial charge on any atom is -0.507 e. The largest absolute Gasteiger partial charge is 0.507 e. The number of benzene rings is 1. The maximum Gasteiger partial charge on any atom is 0.169 e. The van der Waals surface area contributed by atoms with Gasteiger partial charge in [0.1, 0.15) is 11.5 Å². The van der Waals surface area contributed by atoms with E-state index in [0.717, 1.165) is 25.7 Å². The van der Waals surface area contributed by atoms with Crippen LogP contribution in [0.5, 0.6) is 11.5 Å². The lowest BCUT2D eigenvalue weighted by atomic mass is 9.83. The normalized spacial score (nSPS) is 16.8. The van der Waals surface area contributed by atoms with Crippen molar-refractivity contribution in [1.82, 2.24) is 0 Å². The summed E-state index contributed by atoms with van der Waals surface area (Å²) in [6.07, 6.45) is 5.32. The highest BCUT2D eigenvalue weighted by molar-refractivity contribution is 6.00. The highest BCUT2D eigenvalue weighted by Gasteiger charge is 2.24. The highest BCUT2D eigenvalue weighted by Crippen LogP contribution is 2.31. The molecule has 0 bridgehead atoms. The first kappa shape index (κ1) is 12.0. The molecule has 1 fully saturated rings. The molecule has 0 aromatic heterocycles. The molecule has 1 aromatic rings. The van der Waals surface area contributed by atoms with Crippen molar-refractivity contribution < 1.29 is 14.6 Å². The number of ether oxygens (including phenoxy) is 1. The molecule has 1 aromatic carbocycles. The molecule has 0 spiro atoms. The molecule has 1 saturated carbocycles. The van der Waals surface area contributed by atoms with Crippen molar-refractivity contribution in [3.05, 3.63) is 23.8 Å². The van der Waals surface area contributed by atoms with Crippen LogP contribution in [0.4, 0.5) is 0 Å². The van der Waals surface area contributed by atoms with Gasteiger partial charge in [-0.2, -0.15) is 0 Å². The molecule has 1 N–H and O–H groups in total. The molecule has 0 saturated heterocycles. The van der Waals surface area contributed by atoms with Gasteiger partial charge in [0.15, 0.2) is 5.78 Å². The van der Waals surface area contributed by atoms with Gasteiger partial charge in [0, 0.05) is 5.92 Å². The number of carbonyl (C=O) groups is 1. The zero-order valence-corrected chi connectivity index (χ0v) is 10.1. The van der Waals surface area contributed by atoms with Crippen molar-refractivity contribution in [2.45, 2.75) is 32.1 Å². The summed E-state index contributed by atoms with van der Waals surface area (Å²) < 4.78 is 5.08. The van der Waals surface area contributed by atoms with Crippen molar-refractivity contribution in [3.8, 4) is 11.5 Å². The fourth-order valence-electron chi connectivity index (χ4n) is 2.42. The molecule has 0 heterocycles. The van der Waals surface area contributed by atoms with E-state index in [9.17, 15) is 9.90 Å². The van der Waals surface area contributed by atoms with E-state index in [1.54, 1.807) is 19.2 Å². The summed E-state index contributed by atoms with van der Waals surface area (Å²) in [7, 11) is 1.56. The minimum atomic E-state index is 0.0566. The SMILES string of the molecule is COc1ccc(O)c(C(=O)C2CCCCC2)c1. The summed E-state index contributed by atoms with van der Waals surface area (Å²) in [6.45, 7) is 0. The average Bonchev–Trinajstić information content (AvgIpc) is 2.39. The Balaban J connectivity index is 2.22. The molecule has 0 atom stereocenters. The summed E-state index contributed by atoms with van der Waals surface area (Å²) in [6, 6.07) is 4.81. The fraction of sp³-hybridized carbons (Fsp3) is 0.500. The molecule has 1 aliphatic rings. The van der Waals surface area contributed by atoms with E-state index in [1.807, 2.05) is 0 Å². The van der Waals surface area contributed by atoms with Crippen molar-refractivity contribution in [1.29, 1.82) is 0 Å². The Labute approximate surface area is 101 Å². The molecule has 0 radical (unpaired) electrons. The monoisotopic (exact) mass is 234 g/mol. The van der Waals surface area contributed by atoms with Gasteiger partial charge in [0.05, 0.1) is 12.7 Å². The predicted molar refractivity (Wildman–Crippen MR) is 65.6 cm³/mol. The molecule has 17 heavy (non-hydrogen) atoms. The molecule has 0 unspecified atom stereocenters. The van der Waals surface area contributed by atoms with Gasteiger partial charge in [-0.25, -0.2) is 0 Å². The Kier molecular flexibility index (Phi) is 3.67. The number of Topliss-reactive ketones (excluding diaryl/α,β-unsaturated/α-hetero) is 1. The summed E-state index contributed by atoms with van der Waals surface area (Å²) in [5, 5.41) is 9.76. The zero-order valence-electron chi connectivity index (χ0n) is 10.1. The fourth-order valence-corrected chi connectivity index (χ4v) is 2.42. The second-order valence-corrected chi connectivity index (χ2v) is 4.58. The summed E-state index contributed by atoms with van der Waals surface area (Å²) in [4.78, 5) is 12.3. The molecule has 3 heteroatoms. The molecule has 92 valence electrons. The molecular weight excluding hydrogens is 216 g/mol. The number of methoxy groups -OCH3 is 1. The molecule has 1 aliphatic carbocycles. The van der Waals surface area contributed by atoms with Crippen LogP contribution in [0.25, 0.3) is 0 Å². The van der Waals surface area contributed by atoms with Crippen molar-refractivity contribution >= 4 is 5.78 Å². The second-order valence-electron chi connectivity index (χ2n) is 4.58. The number of rotatable bonds is 3. The van der Waals surface area contributed by atoms with E-state index in [1.165, 1.54) is 12.5 Å². The standard InChI is InChI=1S/C14H18O3/c1-17-11-7-8-13(15)12(9-11)14(16)10-5-3-2-4-6-10/h7-10,15H,2-6H2,1H3. The van der Waals surface area contributed by atoms with Crippen molar-refractivity contribution in [2.24, 2.45) is 5.92 Å². The summed E-state index contributed by atoms with van der Waals surface area (Å²) in [5.41, 5.74) is 0.399. The third-order valence-corrected chi connectivity index (χ3v) is 3.45. The second kappa shape index (κ2) is 5.21. The van der Waals surface area contributed by atoms with Crippen molar-refractivity contribution in [3.63, 3.8) is 0 Å². The van der Waals surface area contributed by atoms with Gasteiger partial charge in [-0.3, -0.25) is 4.79 Å². The number of phenols is 1. The molecule has 2 rings (SSSR count). The van der Waals surface area contributed by atoms with Gasteiger partial charge in [0.25, 0.3) is 0 Å². The van der Waals surface area contributed by atoms with Gasteiger partial charge in [-0.05, 0) is 31.0 Å². The van der Waals surface area contributed by atoms with Crippen LogP contribution in [0.15, 0.2) is 18.2 Å². The lowest BCUT2D eigenvalue weighted by molar-refractivity contribution is 0.0886. The van der Waals surface area contributed by atoms with Gasteiger partial charge in [-0.1, -0.05) is 19.3 Å². The lowest BCUT2D eigenvalue weighted by Crippen LogP contribution is -2.18. The number of carbonyl (C=O) groups excluding carboxylic acids is 1. The Hall–Kier alpha value is -1.51. The van der Waals surface area contributed by atoms with Crippen LogP contribution in [0.2, 0.25) is 0 Å². The highest BCUT2D eigenvalue weighted by atomic mass is 16.5. The van der Waals surface area contributed by atoms with E-state index in [2.05, 4.69) is 0 Å². The van der Waals surface area contributed by atoms with Crippen LogP contribution in [0.1, 0.15) is 42.5 Å². The third-order valence-electron chi connectivity index (χ3n) is 3.45.